The van der Waals surface area contributed by atoms with Crippen molar-refractivity contribution in [2.75, 3.05) is 0 Å². The predicted octanol–water partition coefficient (Wildman–Crippen LogP) is 20.0. The van der Waals surface area contributed by atoms with Gasteiger partial charge in [-0.3, -0.25) is 20.0 Å². The van der Waals surface area contributed by atoms with E-state index in [1.165, 1.54) is 22.3 Å². The van der Waals surface area contributed by atoms with Gasteiger partial charge in [-0.25, -0.2) is 0 Å². The first-order chi connectivity index (χ1) is 38.1. The van der Waals surface area contributed by atoms with Crippen LogP contribution in [0, 0.1) is 0 Å². The molecule has 2 aliphatic rings. The Hall–Kier alpha value is -2.72. The van der Waals surface area contributed by atoms with Crippen LogP contribution >= 0.6 is 28.9 Å². The molecule has 482 valence electrons. The SMILES string of the molecule is CC(C)(C)c1cc(C=N[C@@H]2CCCC[C@H]2N=Cc2cc(C(C)(C)C)cc(C(C)(C)C)c2O)c(O)c(C(C)(C)C)c1.CC(C)(C)c1cc(C=N[C@@H]2CCCC[C@H]2N=Cc2cc(C(C)(C)C)cc(C(C)(C)C)c2O)c(O)c(C(C)(C)C)c1.[Cl][Ga]([Cl])[Cl].[Co].[Co]. The first-order valence-corrected chi connectivity index (χ1v) is 40.2. The van der Waals surface area contributed by atoms with Crippen LogP contribution < -0.4 is 0 Å². The number of benzene rings is 4. The third-order valence-electron chi connectivity index (χ3n) is 16.3. The fourth-order valence-corrected chi connectivity index (χ4v) is 10.6. The van der Waals surface area contributed by atoms with Gasteiger partial charge < -0.3 is 20.4 Å². The van der Waals surface area contributed by atoms with Crippen LogP contribution in [-0.4, -0.2) is 82.7 Å². The molecular formula is C72H108Cl3Co2GaN4O4. The fourth-order valence-electron chi connectivity index (χ4n) is 10.6. The first kappa shape index (κ1) is 79.4. The molecule has 0 aliphatic heterocycles. The fraction of sp³-hybridized carbons (Fsp3) is 0.611. The summed E-state index contributed by atoms with van der Waals surface area (Å²) in [6.45, 7) is 52.1. The average Bonchev–Trinajstić information content (AvgIpc) is 2.21. The Balaban J connectivity index is 0.000000540. The molecule has 86 heavy (non-hydrogen) atoms. The van der Waals surface area contributed by atoms with Crippen molar-refractivity contribution in [2.45, 2.75) is 285 Å². The molecule has 0 spiro atoms. The zero-order chi connectivity index (χ0) is 64.1. The number of phenolic OH excluding ortho intramolecular Hbond substituents is 4. The Kier molecular flexibility index (Phi) is 28.7. The summed E-state index contributed by atoms with van der Waals surface area (Å²) in [6, 6.07) is 17.1. The van der Waals surface area contributed by atoms with E-state index in [2.05, 4.69) is 215 Å². The van der Waals surface area contributed by atoms with Gasteiger partial charge in [-0.1, -0.05) is 216 Å². The molecule has 2 saturated carbocycles. The molecule has 14 heteroatoms. The van der Waals surface area contributed by atoms with Crippen molar-refractivity contribution in [3.8, 4) is 23.0 Å². The van der Waals surface area contributed by atoms with Crippen molar-refractivity contribution in [2.24, 2.45) is 20.0 Å². The minimum atomic E-state index is -2.06. The van der Waals surface area contributed by atoms with Gasteiger partial charge in [-0.2, -0.15) is 0 Å². The largest absolute Gasteiger partial charge is 0 e. The van der Waals surface area contributed by atoms with Gasteiger partial charge in [-0.15, -0.1) is 0 Å². The molecule has 4 N–H and O–H groups in total. The second-order valence-electron chi connectivity index (χ2n) is 32.0. The molecule has 6 rings (SSSR count). The normalized spacial score (nSPS) is 18.5. The molecule has 2 fully saturated rings. The van der Waals surface area contributed by atoms with Gasteiger partial charge in [0.05, 0.1) is 24.2 Å². The molecule has 8 nitrogen and oxygen atoms in total. The van der Waals surface area contributed by atoms with Crippen molar-refractivity contribution < 1.29 is 54.0 Å². The summed E-state index contributed by atoms with van der Waals surface area (Å²) in [4.78, 5) is 20.1. The van der Waals surface area contributed by atoms with E-state index in [9.17, 15) is 20.4 Å². The second-order valence-corrected chi connectivity index (χ2v) is 43.4. The van der Waals surface area contributed by atoms with Gasteiger partial charge in [0.25, 0.3) is 0 Å². The van der Waals surface area contributed by atoms with E-state index in [1.54, 1.807) is 0 Å². The Morgan fingerprint density at radius 2 is 0.465 bits per heavy atom. The maximum atomic E-state index is 11.2. The number of nitrogens with zero attached hydrogens (tertiary/aromatic N) is 4. The molecule has 4 atom stereocenters. The van der Waals surface area contributed by atoms with Crippen LogP contribution in [0.25, 0.3) is 0 Å². The molecule has 0 bridgehead atoms. The number of halogens is 3. The van der Waals surface area contributed by atoms with Crippen molar-refractivity contribution >= 4 is 67.0 Å². The van der Waals surface area contributed by atoms with E-state index in [0.29, 0.717) is 23.0 Å². The summed E-state index contributed by atoms with van der Waals surface area (Å²) < 4.78 is 0. The smallest absolute Gasteiger partial charge is 0 e. The van der Waals surface area contributed by atoms with Crippen LogP contribution in [0.3, 0.4) is 0 Å². The Morgan fingerprint density at radius 1 is 0.314 bits per heavy atom. The maximum Gasteiger partial charge on any atom is 0 e. The minimum Gasteiger partial charge on any atom is 0 e. The van der Waals surface area contributed by atoms with Gasteiger partial charge >= 0.3 is 42.1 Å². The summed E-state index contributed by atoms with van der Waals surface area (Å²) in [6.07, 6.45) is 15.8. The quantitative estimate of drug-likeness (QED) is 0.103. The third-order valence-corrected chi connectivity index (χ3v) is 16.3. The molecule has 4 aromatic carbocycles. The van der Waals surface area contributed by atoms with Crippen molar-refractivity contribution in [3.63, 3.8) is 0 Å². The topological polar surface area (TPSA) is 130 Å². The van der Waals surface area contributed by atoms with E-state index < -0.39 is 13.2 Å². The number of aromatic hydroxyl groups is 4. The first-order valence-electron chi connectivity index (χ1n) is 30.7. The molecule has 2 aliphatic carbocycles. The van der Waals surface area contributed by atoms with E-state index in [-0.39, 0.29) is 101 Å². The van der Waals surface area contributed by atoms with Gasteiger partial charge in [0, 0.05) is 103 Å². The average molecular weight is 1390 g/mol. The summed E-state index contributed by atoms with van der Waals surface area (Å²) >= 11 is -2.06. The molecule has 4 aromatic rings. The second kappa shape index (κ2) is 31.1. The molecule has 0 heterocycles. The van der Waals surface area contributed by atoms with Gasteiger partial charge in [-0.05, 0) is 116 Å². The van der Waals surface area contributed by atoms with Crippen molar-refractivity contribution in [1.82, 2.24) is 0 Å². The van der Waals surface area contributed by atoms with Crippen LogP contribution in [0.4, 0.5) is 0 Å². The van der Waals surface area contributed by atoms with E-state index in [0.717, 1.165) is 95.9 Å². The van der Waals surface area contributed by atoms with Crippen LogP contribution in [0.2, 0.25) is 0 Å². The van der Waals surface area contributed by atoms with E-state index >= 15 is 0 Å². The summed E-state index contributed by atoms with van der Waals surface area (Å²) in [5.74, 6) is 1.27. The summed E-state index contributed by atoms with van der Waals surface area (Å²) in [7, 11) is 15.0. The van der Waals surface area contributed by atoms with Crippen molar-refractivity contribution in [3.05, 3.63) is 115 Å². The molecule has 0 unspecified atom stereocenters. The summed E-state index contributed by atoms with van der Waals surface area (Å²) in [5.41, 5.74) is 10.8. The zero-order valence-electron chi connectivity index (χ0n) is 56.9. The monoisotopic (exact) mass is 1380 g/mol. The number of rotatable bonds is 8. The van der Waals surface area contributed by atoms with Crippen LogP contribution in [0.1, 0.15) is 284 Å². The van der Waals surface area contributed by atoms with Crippen molar-refractivity contribution in [1.29, 1.82) is 0 Å². The Morgan fingerprint density at radius 3 is 0.593 bits per heavy atom. The van der Waals surface area contributed by atoms with E-state index in [1.807, 2.05) is 24.9 Å². The standard InChI is InChI=1S/2C36H54N2O2.3ClH.2Co.Ga/c2*1-33(2,3)25-17-23(31(39)27(19-25)35(7,8)9)21-37-29-15-13-14-16-30(29)38-22-24-18-26(34(4,5)6)20-28(32(24)40)36(10,11)12;;;;;;/h2*17-22,29-30,39-40H,13-16H2,1-12H3;3*1H;;;/q;;;;;;;+3/p-3/t2*29-,30-;;;;;;/m11....../s1. The van der Waals surface area contributed by atoms with E-state index in [4.69, 9.17) is 48.9 Å². The molecule has 0 saturated heterocycles. The molecule has 0 aromatic heterocycles. The maximum absolute atomic E-state index is 11.2. The number of aliphatic imine (C=N–C) groups is 4. The molecule has 0 amide bonds. The molecule has 2 radical (unpaired) electrons. The van der Waals surface area contributed by atoms with Crippen LogP contribution in [0.15, 0.2) is 68.5 Å². The minimum absolute atomic E-state index is 0. The third kappa shape index (κ3) is 22.9. The number of hydrogen-bond donors (Lipinski definition) is 4. The molecular weight excluding hydrogens is 1280 g/mol. The Labute approximate surface area is 559 Å². The van der Waals surface area contributed by atoms with Gasteiger partial charge in [0.15, 0.2) is 0 Å². The number of phenols is 4. The number of hydrogen-bond acceptors (Lipinski definition) is 8. The van der Waals surface area contributed by atoms with Crippen LogP contribution in [-0.2, 0) is 76.9 Å². The van der Waals surface area contributed by atoms with Crippen LogP contribution in [0.5, 0.6) is 23.0 Å². The predicted molar refractivity (Wildman–Crippen MR) is 368 cm³/mol. The van der Waals surface area contributed by atoms with Gasteiger partial charge in [0.1, 0.15) is 23.0 Å². The zero-order valence-corrected chi connectivity index (χ0v) is 63.6. The van der Waals surface area contributed by atoms with Gasteiger partial charge in [0.2, 0.25) is 0 Å². The Bertz CT molecular complexity index is 2610. The summed E-state index contributed by atoms with van der Waals surface area (Å²) in [5, 5.41) is 44.9.